The average molecular weight is 229 g/mol. The van der Waals surface area contributed by atoms with E-state index in [1.165, 1.54) is 6.07 Å². The normalized spacial score (nSPS) is 14.6. The molecule has 2 rings (SSSR count). The molecular weight excluding hydrogens is 223 g/mol. The fourth-order valence-corrected chi connectivity index (χ4v) is 1.53. The number of rotatable bonds is 1. The molecule has 0 fully saturated rings. The summed E-state index contributed by atoms with van der Waals surface area (Å²) in [6.07, 6.45) is -4.88. The van der Waals surface area contributed by atoms with Gasteiger partial charge in [-0.15, -0.1) is 0 Å². The largest absolute Gasteiger partial charge is 0.454 e. The van der Waals surface area contributed by atoms with Crippen LogP contribution in [0.3, 0.4) is 0 Å². The van der Waals surface area contributed by atoms with Crippen LogP contribution in [-0.2, 0) is 11.2 Å². The van der Waals surface area contributed by atoms with Crippen LogP contribution >= 0.6 is 0 Å². The van der Waals surface area contributed by atoms with Crippen molar-refractivity contribution in [3.8, 4) is 0 Å². The standard InChI is InChI=1S/C10H6F3NO2/c11-10(12,13)9(16)5-1-2-7-6(3-5)4-8(15)14-7/h1-3H,4H2,(H,14,15). The molecule has 1 amide bonds. The van der Waals surface area contributed by atoms with E-state index in [0.717, 1.165) is 12.1 Å². The molecule has 1 aliphatic heterocycles. The van der Waals surface area contributed by atoms with E-state index in [4.69, 9.17) is 0 Å². The quantitative estimate of drug-likeness (QED) is 0.748. The van der Waals surface area contributed by atoms with E-state index in [0.29, 0.717) is 11.3 Å². The van der Waals surface area contributed by atoms with Crippen molar-refractivity contribution in [1.82, 2.24) is 0 Å². The fourth-order valence-electron chi connectivity index (χ4n) is 1.53. The first kappa shape index (κ1) is 10.7. The molecule has 0 atom stereocenters. The minimum absolute atomic E-state index is 0.00824. The van der Waals surface area contributed by atoms with Crippen LogP contribution in [0.4, 0.5) is 18.9 Å². The molecule has 1 N–H and O–H groups in total. The van der Waals surface area contributed by atoms with Gasteiger partial charge in [-0.25, -0.2) is 0 Å². The zero-order valence-electron chi connectivity index (χ0n) is 7.89. The van der Waals surface area contributed by atoms with Crippen LogP contribution in [0, 0.1) is 0 Å². The molecule has 0 saturated heterocycles. The third-order valence-electron chi connectivity index (χ3n) is 2.25. The Morgan fingerprint density at radius 3 is 2.62 bits per heavy atom. The smallest absolute Gasteiger partial charge is 0.326 e. The zero-order valence-corrected chi connectivity index (χ0v) is 7.89. The van der Waals surface area contributed by atoms with Crippen molar-refractivity contribution in [1.29, 1.82) is 0 Å². The summed E-state index contributed by atoms with van der Waals surface area (Å²) in [7, 11) is 0. The molecule has 16 heavy (non-hydrogen) atoms. The minimum Gasteiger partial charge on any atom is -0.326 e. The summed E-state index contributed by atoms with van der Waals surface area (Å²) in [4.78, 5) is 21.9. The van der Waals surface area contributed by atoms with Crippen LogP contribution in [-0.4, -0.2) is 17.9 Å². The van der Waals surface area contributed by atoms with E-state index in [1.54, 1.807) is 0 Å². The van der Waals surface area contributed by atoms with Gasteiger partial charge in [0.25, 0.3) is 5.78 Å². The molecule has 0 aliphatic carbocycles. The highest BCUT2D eigenvalue weighted by molar-refractivity contribution is 6.03. The van der Waals surface area contributed by atoms with Crippen molar-refractivity contribution >= 4 is 17.4 Å². The van der Waals surface area contributed by atoms with Crippen LogP contribution in [0.1, 0.15) is 15.9 Å². The number of halogens is 3. The summed E-state index contributed by atoms with van der Waals surface area (Å²) in [5.74, 6) is -2.18. The van der Waals surface area contributed by atoms with Crippen molar-refractivity contribution in [2.45, 2.75) is 12.6 Å². The second kappa shape index (κ2) is 3.33. The highest BCUT2D eigenvalue weighted by atomic mass is 19.4. The van der Waals surface area contributed by atoms with Gasteiger partial charge in [0.1, 0.15) is 0 Å². The molecule has 84 valence electrons. The number of fused-ring (bicyclic) bond motifs is 1. The van der Waals surface area contributed by atoms with E-state index in [2.05, 4.69) is 5.32 Å². The van der Waals surface area contributed by atoms with E-state index in [-0.39, 0.29) is 12.3 Å². The maximum Gasteiger partial charge on any atom is 0.454 e. The van der Waals surface area contributed by atoms with Crippen molar-refractivity contribution in [3.05, 3.63) is 29.3 Å². The van der Waals surface area contributed by atoms with E-state index in [1.807, 2.05) is 0 Å². The first-order valence-corrected chi connectivity index (χ1v) is 4.42. The summed E-state index contributed by atoms with van der Waals surface area (Å²) in [6, 6.07) is 3.46. The second-order valence-corrected chi connectivity index (χ2v) is 3.42. The number of carbonyl (C=O) groups excluding carboxylic acids is 2. The van der Waals surface area contributed by atoms with Crippen molar-refractivity contribution < 1.29 is 22.8 Å². The van der Waals surface area contributed by atoms with Crippen molar-refractivity contribution in [2.75, 3.05) is 5.32 Å². The van der Waals surface area contributed by atoms with E-state index in [9.17, 15) is 22.8 Å². The number of hydrogen-bond acceptors (Lipinski definition) is 2. The maximum atomic E-state index is 12.1. The van der Waals surface area contributed by atoms with Gasteiger partial charge in [-0.2, -0.15) is 13.2 Å². The minimum atomic E-state index is -4.88. The molecule has 1 aliphatic rings. The third kappa shape index (κ3) is 1.78. The van der Waals surface area contributed by atoms with Gasteiger partial charge < -0.3 is 5.32 Å². The predicted octanol–water partition coefficient (Wildman–Crippen LogP) is 1.93. The molecule has 3 nitrogen and oxygen atoms in total. The van der Waals surface area contributed by atoms with Crippen LogP contribution in [0.25, 0.3) is 0 Å². The lowest BCUT2D eigenvalue weighted by Crippen LogP contribution is -2.22. The number of alkyl halides is 3. The Hall–Kier alpha value is -1.85. The topological polar surface area (TPSA) is 46.2 Å². The number of amides is 1. The number of hydrogen-bond donors (Lipinski definition) is 1. The second-order valence-electron chi connectivity index (χ2n) is 3.42. The Morgan fingerprint density at radius 2 is 2.00 bits per heavy atom. The fraction of sp³-hybridized carbons (Fsp3) is 0.200. The van der Waals surface area contributed by atoms with Gasteiger partial charge in [-0.05, 0) is 23.8 Å². The molecule has 0 bridgehead atoms. The first-order valence-electron chi connectivity index (χ1n) is 4.42. The first-order chi connectivity index (χ1) is 7.38. The van der Waals surface area contributed by atoms with Gasteiger partial charge in [0.2, 0.25) is 5.91 Å². The lowest BCUT2D eigenvalue weighted by molar-refractivity contribution is -0.115. The molecule has 0 spiro atoms. The number of benzene rings is 1. The Balaban J connectivity index is 2.37. The number of carbonyl (C=O) groups is 2. The molecule has 1 aromatic carbocycles. The number of anilines is 1. The lowest BCUT2D eigenvalue weighted by atomic mass is 10.1. The van der Waals surface area contributed by atoms with Gasteiger partial charge >= 0.3 is 6.18 Å². The van der Waals surface area contributed by atoms with E-state index < -0.39 is 17.5 Å². The highest BCUT2D eigenvalue weighted by Gasteiger charge is 2.39. The molecule has 0 saturated carbocycles. The summed E-state index contributed by atoms with van der Waals surface area (Å²) in [6.45, 7) is 0. The lowest BCUT2D eigenvalue weighted by Gasteiger charge is -2.06. The molecule has 1 heterocycles. The monoisotopic (exact) mass is 229 g/mol. The molecule has 0 unspecified atom stereocenters. The maximum absolute atomic E-state index is 12.1. The van der Waals surface area contributed by atoms with Gasteiger partial charge in [0, 0.05) is 11.3 Å². The summed E-state index contributed by atoms with van der Waals surface area (Å²) in [5, 5.41) is 2.47. The van der Waals surface area contributed by atoms with Crippen molar-refractivity contribution in [3.63, 3.8) is 0 Å². The summed E-state index contributed by atoms with van der Waals surface area (Å²) >= 11 is 0. The van der Waals surface area contributed by atoms with Gasteiger partial charge in [0.05, 0.1) is 6.42 Å². The molecular formula is C10H6F3NO2. The SMILES string of the molecule is O=C1Cc2cc(C(=O)C(F)(F)F)ccc2N1. The van der Waals surface area contributed by atoms with Gasteiger partial charge in [-0.3, -0.25) is 9.59 Å². The molecule has 1 aromatic rings. The highest BCUT2D eigenvalue weighted by Crippen LogP contribution is 2.27. The van der Waals surface area contributed by atoms with Crippen LogP contribution in [0.15, 0.2) is 18.2 Å². The molecule has 6 heteroatoms. The van der Waals surface area contributed by atoms with Crippen LogP contribution in [0.2, 0.25) is 0 Å². The zero-order chi connectivity index (χ0) is 11.9. The number of ketones is 1. The average Bonchev–Trinajstić information content (AvgIpc) is 2.54. The molecule has 0 aromatic heterocycles. The predicted molar refractivity (Wildman–Crippen MR) is 49.2 cm³/mol. The Bertz CT molecular complexity index is 479. The van der Waals surface area contributed by atoms with Gasteiger partial charge in [-0.1, -0.05) is 0 Å². The summed E-state index contributed by atoms with van der Waals surface area (Å²) in [5.41, 5.74) is 0.437. The van der Waals surface area contributed by atoms with Crippen LogP contribution < -0.4 is 5.32 Å². The summed E-state index contributed by atoms with van der Waals surface area (Å²) < 4.78 is 36.4. The number of nitrogens with one attached hydrogen (secondary N) is 1. The van der Waals surface area contributed by atoms with Crippen LogP contribution in [0.5, 0.6) is 0 Å². The van der Waals surface area contributed by atoms with Crippen molar-refractivity contribution in [2.24, 2.45) is 0 Å². The van der Waals surface area contributed by atoms with E-state index >= 15 is 0 Å². The molecule has 0 radical (unpaired) electrons. The third-order valence-corrected chi connectivity index (χ3v) is 2.25. The Morgan fingerprint density at radius 1 is 1.31 bits per heavy atom. The van der Waals surface area contributed by atoms with Gasteiger partial charge in [0.15, 0.2) is 0 Å². The number of Topliss-reactive ketones (excluding diaryl/α,β-unsaturated/α-hetero) is 1. The Kier molecular flexibility index (Phi) is 2.22. The Labute approximate surface area is 88.3 Å².